The highest BCUT2D eigenvalue weighted by Gasteiger charge is 2.85. The van der Waals surface area contributed by atoms with Gasteiger partial charge in [0, 0.05) is 26.4 Å². The van der Waals surface area contributed by atoms with Crippen LogP contribution in [0, 0.1) is 45.3 Å². The number of hydrogen-bond acceptors (Lipinski definition) is 8. The maximum absolute atomic E-state index is 12.9. The molecule has 51 heavy (non-hydrogen) atoms. The van der Waals surface area contributed by atoms with Gasteiger partial charge in [-0.15, -0.1) is 0 Å². The molecule has 12 atom stereocenters. The van der Waals surface area contributed by atoms with E-state index in [1.54, 1.807) is 13.8 Å². The summed E-state index contributed by atoms with van der Waals surface area (Å²) in [6, 6.07) is 0. The molecule has 12 unspecified atom stereocenters. The van der Waals surface area contributed by atoms with Crippen molar-refractivity contribution in [1.29, 1.82) is 0 Å². The van der Waals surface area contributed by atoms with Gasteiger partial charge in [0.2, 0.25) is 11.8 Å². The predicted molar refractivity (Wildman–Crippen MR) is 188 cm³/mol. The summed E-state index contributed by atoms with van der Waals surface area (Å²) in [5.41, 5.74) is 5.54. The number of carbonyl (C=O) groups is 3. The Morgan fingerprint density at radius 3 is 2.37 bits per heavy atom. The van der Waals surface area contributed by atoms with Crippen LogP contribution in [0.1, 0.15) is 119 Å². The summed E-state index contributed by atoms with van der Waals surface area (Å²) < 4.78 is 19.6. The number of hydrogen-bond donors (Lipinski definition) is 3. The Morgan fingerprint density at radius 1 is 0.980 bits per heavy atom. The van der Waals surface area contributed by atoms with Gasteiger partial charge in [0.25, 0.3) is 0 Å². The molecule has 8 aliphatic rings. The van der Waals surface area contributed by atoms with E-state index in [1.807, 2.05) is 4.90 Å². The Hall–Kier alpha value is -1.79. The lowest BCUT2D eigenvalue weighted by Crippen LogP contribution is -2.70. The van der Waals surface area contributed by atoms with Gasteiger partial charge in [0.1, 0.15) is 5.54 Å². The van der Waals surface area contributed by atoms with E-state index in [9.17, 15) is 24.6 Å². The highest BCUT2D eigenvalue weighted by Crippen LogP contribution is 2.87. The van der Waals surface area contributed by atoms with Crippen LogP contribution >= 0.6 is 0 Å². The summed E-state index contributed by atoms with van der Waals surface area (Å²) in [5.74, 6) is 0.251. The molecule has 0 radical (unpaired) electrons. The second-order valence-corrected chi connectivity index (χ2v) is 19.6. The number of carboxylic acids is 1. The lowest BCUT2D eigenvalue weighted by molar-refractivity contribution is -0.245. The number of ether oxygens (including phenoxy) is 3. The number of morpholine rings is 1. The molecule has 4 N–H and O–H groups in total. The number of aliphatic hydroxyl groups excluding tert-OH is 1. The number of carbonyl (C=O) groups excluding carboxylic acids is 2. The van der Waals surface area contributed by atoms with E-state index in [0.29, 0.717) is 44.4 Å². The fourth-order valence-electron chi connectivity index (χ4n) is 13.7. The van der Waals surface area contributed by atoms with Gasteiger partial charge in [0.05, 0.1) is 43.1 Å². The van der Waals surface area contributed by atoms with Crippen LogP contribution in [0.2, 0.25) is 0 Å². The third-order valence-electron chi connectivity index (χ3n) is 16.8. The van der Waals surface area contributed by atoms with Crippen molar-refractivity contribution >= 4 is 17.8 Å². The molecule has 0 bridgehead atoms. The van der Waals surface area contributed by atoms with Crippen molar-refractivity contribution in [3.63, 3.8) is 0 Å². The lowest BCUT2D eigenvalue weighted by atomic mass is 9.44. The van der Waals surface area contributed by atoms with E-state index in [1.165, 1.54) is 24.7 Å². The zero-order valence-electron chi connectivity index (χ0n) is 31.8. The summed E-state index contributed by atoms with van der Waals surface area (Å²) in [6.07, 6.45) is 9.92. The van der Waals surface area contributed by atoms with Crippen LogP contribution in [0.5, 0.6) is 0 Å². The van der Waals surface area contributed by atoms with Gasteiger partial charge in [-0.25, -0.2) is 4.79 Å². The summed E-state index contributed by atoms with van der Waals surface area (Å²) in [4.78, 5) is 40.9. The molecule has 286 valence electrons. The van der Waals surface area contributed by atoms with Crippen LogP contribution < -0.4 is 5.73 Å². The maximum Gasteiger partial charge on any atom is 0.329 e. The molecule has 2 amide bonds. The van der Waals surface area contributed by atoms with Crippen LogP contribution in [0.4, 0.5) is 0 Å². The quantitative estimate of drug-likeness (QED) is 0.334. The first-order chi connectivity index (χ1) is 23.9. The Labute approximate surface area is 303 Å². The molecule has 0 aromatic rings. The van der Waals surface area contributed by atoms with Crippen LogP contribution in [-0.4, -0.2) is 106 Å². The maximum atomic E-state index is 12.9. The molecule has 11 nitrogen and oxygen atoms in total. The van der Waals surface area contributed by atoms with Crippen molar-refractivity contribution in [3.05, 3.63) is 0 Å². The van der Waals surface area contributed by atoms with E-state index >= 15 is 0 Å². The van der Waals surface area contributed by atoms with Crippen LogP contribution in [0.3, 0.4) is 0 Å². The van der Waals surface area contributed by atoms with Gasteiger partial charge in [-0.2, -0.15) is 0 Å². The number of nitrogens with zero attached hydrogens (tertiary/aromatic N) is 2. The summed E-state index contributed by atoms with van der Waals surface area (Å²) in [6.45, 7) is 13.5. The normalized spacial score (nSPS) is 46.9. The fourth-order valence-corrected chi connectivity index (χ4v) is 13.7. The third-order valence-corrected chi connectivity index (χ3v) is 16.8. The SMILES string of the molecule is CC(=O)N(CC1CCC2C(O1)C(O)C1(N)C3CCC4C(C)(C)C(OC5CN(C(=O)CC6CC6)CCO5)CCC45CC35CCC21C)C(C)(C)C(=O)O. The molecule has 0 aromatic heterocycles. The van der Waals surface area contributed by atoms with Crippen molar-refractivity contribution in [2.24, 2.45) is 51.1 Å². The van der Waals surface area contributed by atoms with Crippen molar-refractivity contribution in [1.82, 2.24) is 9.80 Å². The fraction of sp³-hybridized carbons (Fsp3) is 0.925. The number of nitrogens with two attached hydrogens (primary N) is 1. The largest absolute Gasteiger partial charge is 0.480 e. The first kappa shape index (κ1) is 36.2. The molecule has 2 saturated heterocycles. The van der Waals surface area contributed by atoms with E-state index < -0.39 is 29.3 Å². The zero-order valence-corrected chi connectivity index (χ0v) is 31.8. The minimum absolute atomic E-state index is 0.0532. The molecular formula is C40H63N3O8. The van der Waals surface area contributed by atoms with Crippen molar-refractivity contribution in [2.75, 3.05) is 26.2 Å². The van der Waals surface area contributed by atoms with Crippen LogP contribution in [-0.2, 0) is 28.6 Å². The molecule has 0 aromatic carbocycles. The van der Waals surface area contributed by atoms with Gasteiger partial charge in [0.15, 0.2) is 6.29 Å². The second kappa shape index (κ2) is 11.9. The van der Waals surface area contributed by atoms with E-state index in [2.05, 4.69) is 20.8 Å². The topological polar surface area (TPSA) is 152 Å². The Morgan fingerprint density at radius 2 is 1.69 bits per heavy atom. The van der Waals surface area contributed by atoms with Gasteiger partial charge >= 0.3 is 5.97 Å². The first-order valence-electron chi connectivity index (χ1n) is 20.1. The molecule has 6 saturated carbocycles. The van der Waals surface area contributed by atoms with Gasteiger partial charge in [-0.1, -0.05) is 20.8 Å². The molecule has 8 fully saturated rings. The standard InChI is InChI=1S/C40H63N3O8/c1-23(44)43(36(4,5)34(47)48)20-25-9-10-26-32(50-25)33(46)40(41)28-12-11-27-35(2,3)29(13-14-38(27)22-39(28,38)16-15-37(26,40)6)51-31-21-42(17-18-49-31)30(45)19-24-7-8-24/h24-29,31-33,46H,7-22,41H2,1-6H3,(H,47,48). The minimum atomic E-state index is -1.36. The summed E-state index contributed by atoms with van der Waals surface area (Å²) in [7, 11) is 0. The van der Waals surface area contributed by atoms with Crippen LogP contribution in [0.15, 0.2) is 0 Å². The number of amides is 2. The zero-order chi connectivity index (χ0) is 36.5. The monoisotopic (exact) mass is 713 g/mol. The Bertz CT molecular complexity index is 1450. The number of aliphatic carboxylic acids is 1. The number of rotatable bonds is 8. The Kier molecular flexibility index (Phi) is 8.41. The molecule has 8 rings (SSSR count). The third kappa shape index (κ3) is 5.09. The highest BCUT2D eigenvalue weighted by molar-refractivity contribution is 5.85. The van der Waals surface area contributed by atoms with Crippen molar-refractivity contribution in [2.45, 2.75) is 160 Å². The minimum Gasteiger partial charge on any atom is -0.480 e. The molecule has 6 aliphatic carbocycles. The highest BCUT2D eigenvalue weighted by atomic mass is 16.7. The molecule has 2 heterocycles. The first-order valence-corrected chi connectivity index (χ1v) is 20.1. The van der Waals surface area contributed by atoms with E-state index in [-0.39, 0.29) is 70.4 Å². The van der Waals surface area contributed by atoms with E-state index in [0.717, 1.165) is 51.4 Å². The molecule has 11 heteroatoms. The van der Waals surface area contributed by atoms with Crippen molar-refractivity contribution in [3.8, 4) is 0 Å². The van der Waals surface area contributed by atoms with Gasteiger partial charge < -0.3 is 40.0 Å². The molecule has 2 spiro atoms. The predicted octanol–water partition coefficient (Wildman–Crippen LogP) is 4.33. The van der Waals surface area contributed by atoms with Gasteiger partial charge in [-0.05, 0) is 130 Å². The number of aliphatic hydroxyl groups is 1. The van der Waals surface area contributed by atoms with Gasteiger partial charge in [-0.3, -0.25) is 9.59 Å². The smallest absolute Gasteiger partial charge is 0.329 e. The number of fused-ring (bicyclic) bond motifs is 4. The summed E-state index contributed by atoms with van der Waals surface area (Å²) in [5, 5.41) is 22.2. The average molecular weight is 714 g/mol. The summed E-state index contributed by atoms with van der Waals surface area (Å²) >= 11 is 0. The molecular weight excluding hydrogens is 650 g/mol. The second-order valence-electron chi connectivity index (χ2n) is 19.6. The lowest BCUT2D eigenvalue weighted by Gasteiger charge is -2.63. The van der Waals surface area contributed by atoms with E-state index in [4.69, 9.17) is 19.9 Å². The van der Waals surface area contributed by atoms with Crippen LogP contribution in [0.25, 0.3) is 0 Å². The average Bonchev–Trinajstić information content (AvgIpc) is 4.00. The molecule has 2 aliphatic heterocycles. The number of carboxylic acid groups (broad SMARTS) is 1. The Balaban J connectivity index is 0.976. The van der Waals surface area contributed by atoms with Crippen molar-refractivity contribution < 1.29 is 38.8 Å².